The Labute approximate surface area is 111 Å². The Balaban J connectivity index is 1.70. The van der Waals surface area contributed by atoms with E-state index in [4.69, 9.17) is 10.5 Å². The molecule has 2 heterocycles. The average Bonchev–Trinajstić information content (AvgIpc) is 2.68. The smallest absolute Gasteiger partial charge is 0.292 e. The van der Waals surface area contributed by atoms with E-state index in [1.54, 1.807) is 12.1 Å². The third-order valence-corrected chi connectivity index (χ3v) is 3.81. The van der Waals surface area contributed by atoms with Crippen molar-refractivity contribution in [2.75, 3.05) is 18.8 Å². The fourth-order valence-corrected chi connectivity index (χ4v) is 2.96. The molecule has 2 unspecified atom stereocenters. The number of morpholine rings is 1. The van der Waals surface area contributed by atoms with Crippen molar-refractivity contribution in [3.8, 4) is 0 Å². The first-order valence-electron chi connectivity index (χ1n) is 6.52. The minimum atomic E-state index is -0.450. The molecule has 2 bridgehead atoms. The molecule has 0 radical (unpaired) electrons. The number of nitrogens with zero attached hydrogens (tertiary/aromatic N) is 2. The zero-order chi connectivity index (χ0) is 13.4. The lowest BCUT2D eigenvalue weighted by atomic mass is 10.1. The van der Waals surface area contributed by atoms with Crippen molar-refractivity contribution in [1.29, 1.82) is 0 Å². The molecule has 6 nitrogen and oxygen atoms in total. The van der Waals surface area contributed by atoms with E-state index in [0.717, 1.165) is 38.0 Å². The molecule has 2 atom stereocenters. The number of nitro groups is 1. The second-order valence-electron chi connectivity index (χ2n) is 5.30. The predicted octanol–water partition coefficient (Wildman–Crippen LogP) is 1.54. The maximum atomic E-state index is 10.7. The first-order chi connectivity index (χ1) is 9.11. The third kappa shape index (κ3) is 2.54. The third-order valence-electron chi connectivity index (χ3n) is 3.81. The van der Waals surface area contributed by atoms with E-state index in [0.29, 0.717) is 12.2 Å². The number of benzene rings is 1. The van der Waals surface area contributed by atoms with Crippen LogP contribution >= 0.6 is 0 Å². The highest BCUT2D eigenvalue weighted by atomic mass is 16.6. The summed E-state index contributed by atoms with van der Waals surface area (Å²) in [5, 5.41) is 10.7. The SMILES string of the molecule is Nc1cc(CN2CC3CCC(C2)O3)ccc1[N+](=O)[O-]. The van der Waals surface area contributed by atoms with Crippen LogP contribution in [0.2, 0.25) is 0 Å². The van der Waals surface area contributed by atoms with Crippen LogP contribution in [-0.2, 0) is 11.3 Å². The lowest BCUT2D eigenvalue weighted by Crippen LogP contribution is -2.41. The topological polar surface area (TPSA) is 81.6 Å². The van der Waals surface area contributed by atoms with Crippen molar-refractivity contribution in [1.82, 2.24) is 4.90 Å². The Kier molecular flexibility index (Phi) is 3.12. The minimum absolute atomic E-state index is 0.0224. The van der Waals surface area contributed by atoms with Crippen molar-refractivity contribution < 1.29 is 9.66 Å². The molecule has 102 valence electrons. The van der Waals surface area contributed by atoms with Gasteiger partial charge >= 0.3 is 0 Å². The maximum absolute atomic E-state index is 10.7. The molecule has 0 aliphatic carbocycles. The van der Waals surface area contributed by atoms with Gasteiger partial charge in [0, 0.05) is 25.7 Å². The Morgan fingerprint density at radius 1 is 1.37 bits per heavy atom. The molecule has 2 fully saturated rings. The molecule has 1 aromatic rings. The molecule has 0 saturated carbocycles. The fraction of sp³-hybridized carbons (Fsp3) is 0.538. The largest absolute Gasteiger partial charge is 0.393 e. The van der Waals surface area contributed by atoms with Gasteiger partial charge in [0.25, 0.3) is 5.69 Å². The number of rotatable bonds is 3. The summed E-state index contributed by atoms with van der Waals surface area (Å²) >= 11 is 0. The number of likely N-dealkylation sites (tertiary alicyclic amines) is 1. The summed E-state index contributed by atoms with van der Waals surface area (Å²) < 4.78 is 5.78. The van der Waals surface area contributed by atoms with Gasteiger partial charge in [0.05, 0.1) is 17.1 Å². The molecule has 2 saturated heterocycles. The van der Waals surface area contributed by atoms with Gasteiger partial charge in [-0.3, -0.25) is 15.0 Å². The molecule has 2 N–H and O–H groups in total. The van der Waals surface area contributed by atoms with Crippen molar-refractivity contribution in [2.45, 2.75) is 31.6 Å². The van der Waals surface area contributed by atoms with E-state index < -0.39 is 4.92 Å². The van der Waals surface area contributed by atoms with E-state index in [1.165, 1.54) is 6.07 Å². The number of hydrogen-bond donors (Lipinski definition) is 1. The van der Waals surface area contributed by atoms with E-state index in [2.05, 4.69) is 4.90 Å². The van der Waals surface area contributed by atoms with Crippen LogP contribution in [0.3, 0.4) is 0 Å². The number of nitrogens with two attached hydrogens (primary N) is 1. The highest BCUT2D eigenvalue weighted by Gasteiger charge is 2.33. The molecule has 0 amide bonds. The van der Waals surface area contributed by atoms with Gasteiger partial charge in [-0.15, -0.1) is 0 Å². The van der Waals surface area contributed by atoms with E-state index in [-0.39, 0.29) is 11.4 Å². The van der Waals surface area contributed by atoms with Crippen LogP contribution < -0.4 is 5.73 Å². The van der Waals surface area contributed by atoms with Gasteiger partial charge in [-0.1, -0.05) is 6.07 Å². The fourth-order valence-electron chi connectivity index (χ4n) is 2.96. The number of hydrogen-bond acceptors (Lipinski definition) is 5. The predicted molar refractivity (Wildman–Crippen MR) is 70.7 cm³/mol. The Hall–Kier alpha value is -1.66. The lowest BCUT2D eigenvalue weighted by Gasteiger charge is -2.32. The van der Waals surface area contributed by atoms with Crippen molar-refractivity contribution in [3.63, 3.8) is 0 Å². The van der Waals surface area contributed by atoms with Crippen molar-refractivity contribution in [3.05, 3.63) is 33.9 Å². The standard InChI is InChI=1S/C13H17N3O3/c14-12-5-9(1-4-13(12)16(17)18)6-15-7-10-2-3-11(8-15)19-10/h1,4-5,10-11H,2-3,6-8,14H2. The normalized spacial score (nSPS) is 26.5. The number of anilines is 1. The van der Waals surface area contributed by atoms with Crippen molar-refractivity contribution in [2.24, 2.45) is 0 Å². The Bertz CT molecular complexity index is 494. The zero-order valence-electron chi connectivity index (χ0n) is 10.6. The molecule has 3 rings (SSSR count). The van der Waals surface area contributed by atoms with Gasteiger partial charge in [-0.2, -0.15) is 0 Å². The zero-order valence-corrected chi connectivity index (χ0v) is 10.6. The number of nitro benzene ring substituents is 1. The summed E-state index contributed by atoms with van der Waals surface area (Å²) in [5.41, 5.74) is 6.94. The molecule has 0 aromatic heterocycles. The van der Waals surface area contributed by atoms with Crippen LogP contribution in [0.25, 0.3) is 0 Å². The quantitative estimate of drug-likeness (QED) is 0.508. The molecule has 1 aromatic carbocycles. The molecular formula is C13H17N3O3. The highest BCUT2D eigenvalue weighted by Crippen LogP contribution is 2.28. The lowest BCUT2D eigenvalue weighted by molar-refractivity contribution is -0.383. The summed E-state index contributed by atoms with van der Waals surface area (Å²) in [6.45, 7) is 2.65. The van der Waals surface area contributed by atoms with Gasteiger partial charge in [0.2, 0.25) is 0 Å². The van der Waals surface area contributed by atoms with Gasteiger partial charge in [-0.25, -0.2) is 0 Å². The van der Waals surface area contributed by atoms with Gasteiger partial charge in [0.1, 0.15) is 5.69 Å². The van der Waals surface area contributed by atoms with Gasteiger partial charge in [-0.05, 0) is 24.5 Å². The van der Waals surface area contributed by atoms with Crippen LogP contribution in [0.5, 0.6) is 0 Å². The molecule has 2 aliphatic heterocycles. The monoisotopic (exact) mass is 263 g/mol. The summed E-state index contributed by atoms with van der Waals surface area (Å²) in [4.78, 5) is 12.6. The summed E-state index contributed by atoms with van der Waals surface area (Å²) in [5.74, 6) is 0. The first kappa shape index (κ1) is 12.4. The number of nitrogen functional groups attached to an aromatic ring is 1. The molecule has 6 heteroatoms. The molecule has 2 aliphatic rings. The van der Waals surface area contributed by atoms with E-state index in [9.17, 15) is 10.1 Å². The van der Waals surface area contributed by atoms with Crippen LogP contribution in [0.15, 0.2) is 18.2 Å². The second-order valence-corrected chi connectivity index (χ2v) is 5.30. The Morgan fingerprint density at radius 2 is 2.05 bits per heavy atom. The van der Waals surface area contributed by atoms with E-state index >= 15 is 0 Å². The maximum Gasteiger partial charge on any atom is 0.292 e. The van der Waals surface area contributed by atoms with E-state index in [1.807, 2.05) is 0 Å². The first-order valence-corrected chi connectivity index (χ1v) is 6.52. The summed E-state index contributed by atoms with van der Waals surface area (Å²) in [6.07, 6.45) is 3.00. The molecule has 0 spiro atoms. The molecule has 19 heavy (non-hydrogen) atoms. The second kappa shape index (κ2) is 4.79. The summed E-state index contributed by atoms with van der Waals surface area (Å²) in [7, 11) is 0. The highest BCUT2D eigenvalue weighted by molar-refractivity contribution is 5.59. The minimum Gasteiger partial charge on any atom is -0.393 e. The number of fused-ring (bicyclic) bond motifs is 2. The van der Waals surface area contributed by atoms with Gasteiger partial charge in [0.15, 0.2) is 0 Å². The summed E-state index contributed by atoms with van der Waals surface area (Å²) in [6, 6.07) is 4.97. The van der Waals surface area contributed by atoms with Gasteiger partial charge < -0.3 is 10.5 Å². The molecular weight excluding hydrogens is 246 g/mol. The Morgan fingerprint density at radius 3 is 2.63 bits per heavy atom. The van der Waals surface area contributed by atoms with Crippen LogP contribution in [0, 0.1) is 10.1 Å². The van der Waals surface area contributed by atoms with Crippen molar-refractivity contribution >= 4 is 11.4 Å². The number of ether oxygens (including phenoxy) is 1. The van der Waals surface area contributed by atoms with Crippen LogP contribution in [-0.4, -0.2) is 35.1 Å². The van der Waals surface area contributed by atoms with Crippen LogP contribution in [0.4, 0.5) is 11.4 Å². The van der Waals surface area contributed by atoms with Crippen LogP contribution in [0.1, 0.15) is 18.4 Å². The average molecular weight is 263 g/mol.